The number of rotatable bonds is 3. The van der Waals surface area contributed by atoms with Gasteiger partial charge in [0.05, 0.1) is 12.1 Å². The van der Waals surface area contributed by atoms with Gasteiger partial charge in [0, 0.05) is 12.7 Å². The largest absolute Gasteiger partial charge is 0.481 e. The molecule has 1 N–H and O–H groups in total. The summed E-state index contributed by atoms with van der Waals surface area (Å²) in [5.74, 6) is -0.841. The van der Waals surface area contributed by atoms with Crippen molar-refractivity contribution in [3.8, 4) is 0 Å². The average molecular weight is 154 g/mol. The van der Waals surface area contributed by atoms with Crippen molar-refractivity contribution in [1.29, 1.82) is 0 Å². The van der Waals surface area contributed by atoms with E-state index in [4.69, 9.17) is 5.11 Å². The van der Waals surface area contributed by atoms with Crippen LogP contribution in [0.4, 0.5) is 0 Å². The Labute approximate surface area is 64.5 Å². The molecule has 0 atom stereocenters. The first-order chi connectivity index (χ1) is 5.22. The third-order valence-electron chi connectivity index (χ3n) is 1.35. The lowest BCUT2D eigenvalue weighted by Gasteiger charge is -1.91. The van der Waals surface area contributed by atoms with Crippen molar-refractivity contribution < 1.29 is 9.90 Å². The Balaban J connectivity index is 2.65. The van der Waals surface area contributed by atoms with Crippen LogP contribution in [0.25, 0.3) is 0 Å². The first kappa shape index (κ1) is 7.78. The van der Waals surface area contributed by atoms with E-state index >= 15 is 0 Å². The molecule has 11 heavy (non-hydrogen) atoms. The third kappa shape index (κ3) is 2.07. The molecule has 0 fully saturated rings. The van der Waals surface area contributed by atoms with Crippen LogP contribution in [-0.4, -0.2) is 20.9 Å². The lowest BCUT2D eigenvalue weighted by atomic mass is 10.3. The molecule has 4 heteroatoms. The first-order valence-electron chi connectivity index (χ1n) is 3.46. The lowest BCUT2D eigenvalue weighted by molar-refractivity contribution is -0.136. The van der Waals surface area contributed by atoms with E-state index in [1.54, 1.807) is 16.9 Å². The van der Waals surface area contributed by atoms with E-state index in [9.17, 15) is 4.79 Å². The normalized spacial score (nSPS) is 9.91. The van der Waals surface area contributed by atoms with Gasteiger partial charge in [-0.3, -0.25) is 9.48 Å². The minimum atomic E-state index is -0.841. The molecule has 60 valence electrons. The van der Waals surface area contributed by atoms with Gasteiger partial charge in [-0.1, -0.05) is 0 Å². The Morgan fingerprint density at radius 3 is 3.00 bits per heavy atom. The summed E-state index contributed by atoms with van der Waals surface area (Å²) in [6, 6.07) is 1.72. The summed E-state index contributed by atoms with van der Waals surface area (Å²) in [5, 5.41) is 12.4. The van der Waals surface area contributed by atoms with Crippen LogP contribution in [-0.2, 0) is 17.8 Å². The van der Waals surface area contributed by atoms with Gasteiger partial charge in [-0.2, -0.15) is 5.10 Å². The molecular weight excluding hydrogens is 144 g/mol. The van der Waals surface area contributed by atoms with E-state index in [-0.39, 0.29) is 6.42 Å². The van der Waals surface area contributed by atoms with E-state index in [0.29, 0.717) is 5.69 Å². The third-order valence-corrected chi connectivity index (χ3v) is 1.35. The van der Waals surface area contributed by atoms with E-state index < -0.39 is 5.97 Å². The molecule has 0 saturated carbocycles. The molecule has 1 rings (SSSR count). The van der Waals surface area contributed by atoms with Gasteiger partial charge in [-0.15, -0.1) is 0 Å². The van der Waals surface area contributed by atoms with Crippen LogP contribution in [0.1, 0.15) is 12.6 Å². The van der Waals surface area contributed by atoms with Crippen molar-refractivity contribution in [2.24, 2.45) is 0 Å². The number of aromatic nitrogens is 2. The van der Waals surface area contributed by atoms with Gasteiger partial charge in [-0.05, 0) is 13.0 Å². The van der Waals surface area contributed by atoms with Crippen LogP contribution in [0.2, 0.25) is 0 Å². The van der Waals surface area contributed by atoms with Crippen molar-refractivity contribution in [2.45, 2.75) is 19.9 Å². The molecule has 0 radical (unpaired) electrons. The number of aliphatic carboxylic acids is 1. The fourth-order valence-electron chi connectivity index (χ4n) is 0.829. The molecule has 0 aromatic carbocycles. The van der Waals surface area contributed by atoms with E-state index in [1.165, 1.54) is 0 Å². The smallest absolute Gasteiger partial charge is 0.309 e. The summed E-state index contributed by atoms with van der Waals surface area (Å²) < 4.78 is 1.71. The Bertz CT molecular complexity index is 255. The Morgan fingerprint density at radius 2 is 2.55 bits per heavy atom. The maximum atomic E-state index is 10.2. The molecule has 0 aliphatic carbocycles. The molecule has 1 aromatic heterocycles. The molecule has 1 heterocycles. The second-order valence-electron chi connectivity index (χ2n) is 2.23. The molecule has 0 unspecified atom stereocenters. The van der Waals surface area contributed by atoms with E-state index in [1.807, 2.05) is 6.92 Å². The molecule has 4 nitrogen and oxygen atoms in total. The Hall–Kier alpha value is -1.32. The molecule has 0 amide bonds. The molecule has 0 aliphatic heterocycles. The highest BCUT2D eigenvalue weighted by atomic mass is 16.4. The van der Waals surface area contributed by atoms with Crippen LogP contribution in [0.5, 0.6) is 0 Å². The summed E-state index contributed by atoms with van der Waals surface area (Å²) in [6.45, 7) is 2.73. The number of hydrogen-bond acceptors (Lipinski definition) is 2. The minimum Gasteiger partial charge on any atom is -0.481 e. The van der Waals surface area contributed by atoms with Gasteiger partial charge in [0.2, 0.25) is 0 Å². The van der Waals surface area contributed by atoms with Gasteiger partial charge in [0.25, 0.3) is 0 Å². The molecular formula is C7H10N2O2. The number of carboxylic acids is 1. The minimum absolute atomic E-state index is 0.00694. The lowest BCUT2D eigenvalue weighted by Crippen LogP contribution is -2.02. The van der Waals surface area contributed by atoms with Gasteiger partial charge < -0.3 is 5.11 Å². The van der Waals surface area contributed by atoms with Gasteiger partial charge >= 0.3 is 5.97 Å². The zero-order valence-corrected chi connectivity index (χ0v) is 6.32. The second kappa shape index (κ2) is 3.18. The molecule has 0 saturated heterocycles. The number of nitrogens with zero attached hydrogens (tertiary/aromatic N) is 2. The molecule has 0 spiro atoms. The van der Waals surface area contributed by atoms with E-state index in [0.717, 1.165) is 6.54 Å². The Kier molecular flexibility index (Phi) is 2.25. The maximum Gasteiger partial charge on any atom is 0.309 e. The Morgan fingerprint density at radius 1 is 1.82 bits per heavy atom. The second-order valence-corrected chi connectivity index (χ2v) is 2.23. The van der Waals surface area contributed by atoms with Crippen molar-refractivity contribution in [3.05, 3.63) is 18.0 Å². The van der Waals surface area contributed by atoms with Crippen molar-refractivity contribution in [2.75, 3.05) is 0 Å². The summed E-state index contributed by atoms with van der Waals surface area (Å²) in [6.07, 6.45) is 1.78. The van der Waals surface area contributed by atoms with Crippen LogP contribution in [0, 0.1) is 0 Å². The zero-order valence-electron chi connectivity index (χ0n) is 6.32. The van der Waals surface area contributed by atoms with Gasteiger partial charge in [-0.25, -0.2) is 0 Å². The first-order valence-corrected chi connectivity index (χ1v) is 3.46. The van der Waals surface area contributed by atoms with Crippen molar-refractivity contribution >= 4 is 5.97 Å². The van der Waals surface area contributed by atoms with Gasteiger partial charge in [0.15, 0.2) is 0 Å². The molecule has 0 bridgehead atoms. The number of aryl methyl sites for hydroxylation is 1. The highest BCUT2D eigenvalue weighted by molar-refractivity contribution is 5.69. The summed E-state index contributed by atoms with van der Waals surface area (Å²) in [5.41, 5.74) is 0.611. The van der Waals surface area contributed by atoms with Crippen LogP contribution < -0.4 is 0 Å². The number of hydrogen-bond donors (Lipinski definition) is 1. The SMILES string of the molecule is CCn1ccc(CC(=O)O)n1. The quantitative estimate of drug-likeness (QED) is 0.690. The average Bonchev–Trinajstić information content (AvgIpc) is 2.34. The van der Waals surface area contributed by atoms with Gasteiger partial charge in [0.1, 0.15) is 0 Å². The number of carboxylic acid groups (broad SMARTS) is 1. The number of carbonyl (C=O) groups is 1. The fourth-order valence-corrected chi connectivity index (χ4v) is 0.829. The standard InChI is InChI=1S/C7H10N2O2/c1-2-9-4-3-6(8-9)5-7(10)11/h3-4H,2,5H2,1H3,(H,10,11). The zero-order chi connectivity index (χ0) is 8.27. The fraction of sp³-hybridized carbons (Fsp3) is 0.429. The monoisotopic (exact) mass is 154 g/mol. The predicted octanol–water partition coefficient (Wildman–Crippen LogP) is 0.530. The highest BCUT2D eigenvalue weighted by Crippen LogP contribution is 1.96. The predicted molar refractivity (Wildman–Crippen MR) is 39.2 cm³/mol. The van der Waals surface area contributed by atoms with Crippen LogP contribution >= 0.6 is 0 Å². The van der Waals surface area contributed by atoms with Crippen molar-refractivity contribution in [3.63, 3.8) is 0 Å². The highest BCUT2D eigenvalue weighted by Gasteiger charge is 2.02. The van der Waals surface area contributed by atoms with Crippen molar-refractivity contribution in [1.82, 2.24) is 9.78 Å². The summed E-state index contributed by atoms with van der Waals surface area (Å²) >= 11 is 0. The van der Waals surface area contributed by atoms with E-state index in [2.05, 4.69) is 5.10 Å². The summed E-state index contributed by atoms with van der Waals surface area (Å²) in [4.78, 5) is 10.2. The van der Waals surface area contributed by atoms with Crippen LogP contribution in [0.15, 0.2) is 12.3 Å². The maximum absolute atomic E-state index is 10.2. The summed E-state index contributed by atoms with van der Waals surface area (Å²) in [7, 11) is 0. The van der Waals surface area contributed by atoms with Crippen LogP contribution in [0.3, 0.4) is 0 Å². The molecule has 1 aromatic rings. The topological polar surface area (TPSA) is 55.1 Å². The molecule has 0 aliphatic rings.